The van der Waals surface area contributed by atoms with Crippen LogP contribution >= 0.6 is 24.8 Å². The Morgan fingerprint density at radius 3 is 2.77 bits per heavy atom. The second kappa shape index (κ2) is 9.77. The smallest absolute Gasteiger partial charge is 0.221 e. The van der Waals surface area contributed by atoms with Gasteiger partial charge in [0.1, 0.15) is 5.75 Å². The van der Waals surface area contributed by atoms with E-state index in [1.807, 2.05) is 31.2 Å². The fourth-order valence-corrected chi connectivity index (χ4v) is 2.57. The number of carbonyl (C=O) groups excluding carboxylic acids is 1. The van der Waals surface area contributed by atoms with Crippen LogP contribution in [0.4, 0.5) is 5.69 Å². The van der Waals surface area contributed by atoms with Crippen molar-refractivity contribution < 1.29 is 9.53 Å². The van der Waals surface area contributed by atoms with Gasteiger partial charge in [0.2, 0.25) is 5.91 Å². The second-order valence-electron chi connectivity index (χ2n) is 5.35. The van der Waals surface area contributed by atoms with Crippen LogP contribution in [0.2, 0.25) is 0 Å². The molecule has 2 unspecified atom stereocenters. The molecule has 1 aromatic carbocycles. The molecule has 126 valence electrons. The topological polar surface area (TPSA) is 67.6 Å². The second-order valence-corrected chi connectivity index (χ2v) is 5.35. The predicted octanol–water partition coefficient (Wildman–Crippen LogP) is 1.97. The lowest BCUT2D eigenvalue weighted by atomic mass is 10.2. The normalized spacial score (nSPS) is 18.0. The van der Waals surface area contributed by atoms with Gasteiger partial charge in [0.15, 0.2) is 0 Å². The van der Waals surface area contributed by atoms with Crippen LogP contribution in [0.15, 0.2) is 24.3 Å². The van der Waals surface area contributed by atoms with E-state index in [0.717, 1.165) is 30.9 Å². The predicted molar refractivity (Wildman–Crippen MR) is 94.5 cm³/mol. The summed E-state index contributed by atoms with van der Waals surface area (Å²) in [5, 5.41) is 3.05. The molecule has 3 N–H and O–H groups in total. The van der Waals surface area contributed by atoms with E-state index in [1.165, 1.54) is 0 Å². The number of ether oxygens (including phenoxy) is 1. The van der Waals surface area contributed by atoms with Gasteiger partial charge in [-0.1, -0.05) is 12.1 Å². The molecule has 5 nitrogen and oxygen atoms in total. The van der Waals surface area contributed by atoms with Crippen molar-refractivity contribution in [3.63, 3.8) is 0 Å². The van der Waals surface area contributed by atoms with Gasteiger partial charge in [-0.25, -0.2) is 0 Å². The summed E-state index contributed by atoms with van der Waals surface area (Å²) >= 11 is 0. The van der Waals surface area contributed by atoms with Crippen LogP contribution in [0.5, 0.6) is 5.75 Å². The highest BCUT2D eigenvalue weighted by Gasteiger charge is 2.25. The largest absolute Gasteiger partial charge is 0.495 e. The molecule has 1 amide bonds. The monoisotopic (exact) mass is 349 g/mol. The van der Waals surface area contributed by atoms with Gasteiger partial charge in [-0.2, -0.15) is 0 Å². The van der Waals surface area contributed by atoms with Crippen molar-refractivity contribution in [1.29, 1.82) is 0 Å². The van der Waals surface area contributed by atoms with Gasteiger partial charge in [-0.15, -0.1) is 24.8 Å². The molecular formula is C15H25Cl2N3O2. The number of nitrogens with zero attached hydrogens (tertiary/aromatic N) is 1. The zero-order chi connectivity index (χ0) is 14.5. The number of benzene rings is 1. The van der Waals surface area contributed by atoms with E-state index < -0.39 is 0 Å². The van der Waals surface area contributed by atoms with Gasteiger partial charge in [0, 0.05) is 31.6 Å². The van der Waals surface area contributed by atoms with E-state index >= 15 is 0 Å². The van der Waals surface area contributed by atoms with E-state index in [0.29, 0.717) is 6.42 Å². The van der Waals surface area contributed by atoms with Crippen molar-refractivity contribution in [2.24, 2.45) is 5.73 Å². The standard InChI is InChI=1S/C15H23N3O2.2ClH/c1-11(16)9-15(19)17-12-7-8-18(10-12)13-5-3-4-6-14(13)20-2;;/h3-6,11-12H,7-10,16H2,1-2H3,(H,17,19);2*1H. The van der Waals surface area contributed by atoms with Crippen LogP contribution in [0.1, 0.15) is 19.8 Å². The van der Waals surface area contributed by atoms with Gasteiger partial charge >= 0.3 is 0 Å². The number of anilines is 1. The summed E-state index contributed by atoms with van der Waals surface area (Å²) in [4.78, 5) is 14.0. The lowest BCUT2D eigenvalue weighted by Crippen LogP contribution is -2.39. The highest BCUT2D eigenvalue weighted by molar-refractivity contribution is 5.85. The zero-order valence-corrected chi connectivity index (χ0v) is 14.6. The lowest BCUT2D eigenvalue weighted by molar-refractivity contribution is -0.121. The van der Waals surface area contributed by atoms with Gasteiger partial charge in [-0.3, -0.25) is 4.79 Å². The molecule has 2 rings (SSSR count). The number of methoxy groups -OCH3 is 1. The highest BCUT2D eigenvalue weighted by atomic mass is 35.5. The first-order valence-electron chi connectivity index (χ1n) is 7.03. The summed E-state index contributed by atoms with van der Waals surface area (Å²) in [5.41, 5.74) is 6.72. The molecule has 0 aromatic heterocycles. The Bertz CT molecular complexity index is 472. The molecule has 1 saturated heterocycles. The maximum atomic E-state index is 11.7. The molecule has 0 radical (unpaired) electrons. The van der Waals surface area contributed by atoms with Crippen molar-refractivity contribution >= 4 is 36.4 Å². The lowest BCUT2D eigenvalue weighted by Gasteiger charge is -2.21. The number of nitrogens with one attached hydrogen (secondary N) is 1. The van der Waals surface area contributed by atoms with E-state index in [2.05, 4.69) is 10.2 Å². The highest BCUT2D eigenvalue weighted by Crippen LogP contribution is 2.30. The Labute approximate surface area is 144 Å². The molecule has 0 aliphatic carbocycles. The Morgan fingerprint density at radius 1 is 1.45 bits per heavy atom. The first-order valence-corrected chi connectivity index (χ1v) is 7.03. The maximum Gasteiger partial charge on any atom is 0.221 e. The molecule has 1 fully saturated rings. The quantitative estimate of drug-likeness (QED) is 0.852. The van der Waals surface area contributed by atoms with Gasteiger partial charge in [0.05, 0.1) is 12.8 Å². The minimum atomic E-state index is -0.0956. The number of nitrogens with two attached hydrogens (primary N) is 1. The summed E-state index contributed by atoms with van der Waals surface area (Å²) in [6.07, 6.45) is 1.33. The average Bonchev–Trinajstić information content (AvgIpc) is 2.85. The number of carbonyl (C=O) groups is 1. The molecular weight excluding hydrogens is 325 g/mol. The molecule has 0 saturated carbocycles. The fourth-order valence-electron chi connectivity index (χ4n) is 2.57. The fraction of sp³-hybridized carbons (Fsp3) is 0.533. The minimum absolute atomic E-state index is 0. The molecule has 1 aliphatic heterocycles. The van der Waals surface area contributed by atoms with E-state index in [4.69, 9.17) is 10.5 Å². The minimum Gasteiger partial charge on any atom is -0.495 e. The number of amides is 1. The number of para-hydroxylation sites is 2. The van der Waals surface area contributed by atoms with Crippen molar-refractivity contribution in [2.75, 3.05) is 25.1 Å². The van der Waals surface area contributed by atoms with E-state index in [1.54, 1.807) is 7.11 Å². The summed E-state index contributed by atoms with van der Waals surface area (Å²) in [6.45, 7) is 3.57. The molecule has 1 aliphatic rings. The van der Waals surface area contributed by atoms with Crippen LogP contribution in [-0.4, -0.2) is 38.2 Å². The van der Waals surface area contributed by atoms with Crippen molar-refractivity contribution in [3.05, 3.63) is 24.3 Å². The Morgan fingerprint density at radius 2 is 2.14 bits per heavy atom. The summed E-state index contributed by atoms with van der Waals surface area (Å²) in [5.74, 6) is 0.905. The molecule has 0 bridgehead atoms. The Hall–Kier alpha value is -1.17. The van der Waals surface area contributed by atoms with Crippen LogP contribution in [-0.2, 0) is 4.79 Å². The van der Waals surface area contributed by atoms with Gasteiger partial charge < -0.3 is 20.7 Å². The molecule has 2 atom stereocenters. The number of rotatable bonds is 5. The molecule has 1 aromatic rings. The molecule has 7 heteroatoms. The first-order chi connectivity index (χ1) is 9.60. The van der Waals surface area contributed by atoms with Crippen LogP contribution in [0.25, 0.3) is 0 Å². The SMILES string of the molecule is COc1ccccc1N1CCC(NC(=O)CC(C)N)C1.Cl.Cl. The average molecular weight is 350 g/mol. The zero-order valence-electron chi connectivity index (χ0n) is 13.0. The summed E-state index contributed by atoms with van der Waals surface area (Å²) in [6, 6.07) is 8.05. The third-order valence-electron chi connectivity index (χ3n) is 3.49. The van der Waals surface area contributed by atoms with Crippen molar-refractivity contribution in [1.82, 2.24) is 5.32 Å². The van der Waals surface area contributed by atoms with Gasteiger partial charge in [0.25, 0.3) is 0 Å². The molecule has 22 heavy (non-hydrogen) atoms. The molecule has 0 spiro atoms. The van der Waals surface area contributed by atoms with Gasteiger partial charge in [-0.05, 0) is 25.5 Å². The van der Waals surface area contributed by atoms with Crippen LogP contribution < -0.4 is 20.7 Å². The van der Waals surface area contributed by atoms with Crippen LogP contribution in [0, 0.1) is 0 Å². The number of hydrogen-bond acceptors (Lipinski definition) is 4. The van der Waals surface area contributed by atoms with E-state index in [9.17, 15) is 4.79 Å². The maximum absolute atomic E-state index is 11.7. The number of hydrogen-bond donors (Lipinski definition) is 2. The third kappa shape index (κ3) is 5.55. The van der Waals surface area contributed by atoms with Crippen LogP contribution in [0.3, 0.4) is 0 Å². The summed E-state index contributed by atoms with van der Waals surface area (Å²) in [7, 11) is 1.68. The number of halogens is 2. The first kappa shape index (κ1) is 20.8. The van der Waals surface area contributed by atoms with Crippen molar-refractivity contribution in [3.8, 4) is 5.75 Å². The summed E-state index contributed by atoms with van der Waals surface area (Å²) < 4.78 is 5.38. The van der Waals surface area contributed by atoms with Crippen molar-refractivity contribution in [2.45, 2.75) is 31.8 Å². The third-order valence-corrected chi connectivity index (χ3v) is 3.49. The van der Waals surface area contributed by atoms with E-state index in [-0.39, 0.29) is 42.8 Å². The Kier molecular flexibility index (Phi) is 9.25. The Balaban J connectivity index is 0.00000220. The molecule has 1 heterocycles.